The van der Waals surface area contributed by atoms with E-state index < -0.39 is 26.5 Å². The minimum atomic E-state index is -2.59. The van der Waals surface area contributed by atoms with E-state index in [-0.39, 0.29) is 24.5 Å². The smallest absolute Gasteiger partial charge is 0.305 e. The minimum Gasteiger partial charge on any atom is -0.481 e. The normalized spacial score (nSPS) is 15.0. The third kappa shape index (κ3) is 5.89. The highest BCUT2D eigenvalue weighted by atomic mass is 31.1. The molecule has 1 aliphatic rings. The van der Waals surface area contributed by atoms with Crippen molar-refractivity contribution in [2.75, 3.05) is 12.8 Å². The van der Waals surface area contributed by atoms with Crippen LogP contribution in [0.3, 0.4) is 0 Å². The van der Waals surface area contributed by atoms with Crippen molar-refractivity contribution < 1.29 is 28.5 Å². The van der Waals surface area contributed by atoms with E-state index in [0.717, 1.165) is 48.2 Å². The number of carboxylic acids is 1. The van der Waals surface area contributed by atoms with Gasteiger partial charge in [-0.05, 0) is 42.9 Å². The third-order valence-electron chi connectivity index (χ3n) is 5.47. The van der Waals surface area contributed by atoms with Gasteiger partial charge in [-0.2, -0.15) is 0 Å². The van der Waals surface area contributed by atoms with E-state index >= 15 is 0 Å². The van der Waals surface area contributed by atoms with Crippen LogP contribution in [0.2, 0.25) is 0 Å². The van der Waals surface area contributed by atoms with Crippen LogP contribution in [0.15, 0.2) is 24.3 Å². The van der Waals surface area contributed by atoms with E-state index in [0.29, 0.717) is 0 Å². The summed E-state index contributed by atoms with van der Waals surface area (Å²) in [6.45, 7) is 5.08. The van der Waals surface area contributed by atoms with Gasteiger partial charge >= 0.3 is 5.97 Å². The second kappa shape index (κ2) is 11.0. The first-order valence-corrected chi connectivity index (χ1v) is 12.4. The summed E-state index contributed by atoms with van der Waals surface area (Å²) in [5, 5.41) is 18.3. The highest BCUT2D eigenvalue weighted by molar-refractivity contribution is 7.39. The number of benzene rings is 1. The van der Waals surface area contributed by atoms with Gasteiger partial charge in [0.15, 0.2) is 8.03 Å². The van der Waals surface area contributed by atoms with E-state index in [1.165, 1.54) is 17.8 Å². The first-order valence-electron chi connectivity index (χ1n) is 10.8. The van der Waals surface area contributed by atoms with Gasteiger partial charge in [-0.15, -0.1) is 0 Å². The first-order chi connectivity index (χ1) is 15.3. The molecule has 0 bridgehead atoms. The van der Waals surface area contributed by atoms with Crippen molar-refractivity contribution in [3.05, 3.63) is 47.0 Å². The Labute approximate surface area is 188 Å². The monoisotopic (exact) mass is 461 g/mol. The van der Waals surface area contributed by atoms with Gasteiger partial charge < -0.3 is 19.3 Å². The molecule has 1 aromatic carbocycles. The van der Waals surface area contributed by atoms with Gasteiger partial charge in [0.25, 0.3) is 0 Å². The summed E-state index contributed by atoms with van der Waals surface area (Å²) in [6.07, 6.45) is 1.23. The SMILES string of the molecule is CC(C)c1c(C#CCO[PH](=O)CC(O)CC(=O)O)c(-c2ccc(F)cc2)c2n1CCCC2. The number of aliphatic hydroxyl groups excluding tert-OH is 1. The Bertz CT molecular complexity index is 1050. The molecule has 2 unspecified atom stereocenters. The molecule has 32 heavy (non-hydrogen) atoms. The summed E-state index contributed by atoms with van der Waals surface area (Å²) in [5.74, 6) is 4.94. The molecule has 1 aromatic heterocycles. The number of hydrogen-bond donors (Lipinski definition) is 2. The molecule has 0 spiro atoms. The summed E-state index contributed by atoms with van der Waals surface area (Å²) in [4.78, 5) is 10.6. The molecule has 6 nitrogen and oxygen atoms in total. The summed E-state index contributed by atoms with van der Waals surface area (Å²) < 4.78 is 33.1. The fourth-order valence-corrected chi connectivity index (χ4v) is 5.07. The molecule has 0 fully saturated rings. The van der Waals surface area contributed by atoms with E-state index in [1.54, 1.807) is 12.1 Å². The number of halogens is 1. The maximum absolute atomic E-state index is 13.5. The van der Waals surface area contributed by atoms with E-state index in [2.05, 4.69) is 30.3 Å². The maximum atomic E-state index is 13.5. The molecule has 3 rings (SSSR count). The number of rotatable bonds is 8. The predicted molar refractivity (Wildman–Crippen MR) is 122 cm³/mol. The average molecular weight is 461 g/mol. The van der Waals surface area contributed by atoms with Crippen molar-refractivity contribution in [2.24, 2.45) is 0 Å². The van der Waals surface area contributed by atoms with Crippen LogP contribution in [-0.4, -0.2) is 39.6 Å². The zero-order valence-corrected chi connectivity index (χ0v) is 19.4. The number of fused-ring (bicyclic) bond motifs is 1. The Kier molecular flexibility index (Phi) is 8.31. The molecular formula is C24H29FNO5P. The van der Waals surface area contributed by atoms with Crippen LogP contribution >= 0.6 is 8.03 Å². The fourth-order valence-electron chi connectivity index (χ4n) is 4.19. The van der Waals surface area contributed by atoms with Crippen LogP contribution in [0, 0.1) is 17.7 Å². The number of nitrogens with zero attached hydrogens (tertiary/aromatic N) is 1. The second-order valence-electron chi connectivity index (χ2n) is 8.27. The summed E-state index contributed by atoms with van der Waals surface area (Å²) in [5.41, 5.74) is 5.17. The van der Waals surface area contributed by atoms with Gasteiger partial charge in [-0.1, -0.05) is 37.8 Å². The third-order valence-corrected chi connectivity index (χ3v) is 6.74. The van der Waals surface area contributed by atoms with E-state index in [4.69, 9.17) is 9.63 Å². The molecule has 0 saturated heterocycles. The Morgan fingerprint density at radius 2 is 2.00 bits per heavy atom. The Balaban J connectivity index is 1.88. The van der Waals surface area contributed by atoms with Gasteiger partial charge in [0, 0.05) is 29.7 Å². The van der Waals surface area contributed by atoms with Crippen molar-refractivity contribution >= 4 is 14.0 Å². The van der Waals surface area contributed by atoms with Crippen LogP contribution in [0.1, 0.15) is 56.0 Å². The second-order valence-corrected chi connectivity index (χ2v) is 9.71. The molecule has 1 aliphatic heterocycles. The predicted octanol–water partition coefficient (Wildman–Crippen LogP) is 4.43. The molecule has 8 heteroatoms. The number of aromatic nitrogens is 1. The highest BCUT2D eigenvalue weighted by Crippen LogP contribution is 2.38. The van der Waals surface area contributed by atoms with Gasteiger partial charge in [-0.3, -0.25) is 9.36 Å². The van der Waals surface area contributed by atoms with Crippen LogP contribution in [0.25, 0.3) is 11.1 Å². The summed E-state index contributed by atoms with van der Waals surface area (Å²) >= 11 is 0. The average Bonchev–Trinajstić information content (AvgIpc) is 3.05. The topological polar surface area (TPSA) is 88.8 Å². The minimum absolute atomic E-state index is 0.0848. The van der Waals surface area contributed by atoms with E-state index in [1.807, 2.05) is 0 Å². The molecule has 172 valence electrons. The molecule has 0 amide bonds. The standard InChI is InChI=1S/C24H29FNO5P/c1-16(2)24-20(6-5-13-31-32(30)15-19(27)14-22(28)29)23(17-8-10-18(25)11-9-17)21-7-3-4-12-26(21)24/h8-11,16,19,27,32H,3-4,7,12-15H2,1-2H3,(H,28,29). The lowest BCUT2D eigenvalue weighted by Crippen LogP contribution is -2.15. The molecular weight excluding hydrogens is 432 g/mol. The molecule has 0 radical (unpaired) electrons. The lowest BCUT2D eigenvalue weighted by molar-refractivity contribution is -0.138. The van der Waals surface area contributed by atoms with Crippen LogP contribution in [0.4, 0.5) is 4.39 Å². The number of hydrogen-bond acceptors (Lipinski definition) is 4. The molecule has 2 heterocycles. The lowest BCUT2D eigenvalue weighted by Gasteiger charge is -2.20. The van der Waals surface area contributed by atoms with Crippen molar-refractivity contribution in [2.45, 2.75) is 58.1 Å². The number of aliphatic carboxylic acids is 1. The Morgan fingerprint density at radius 3 is 2.66 bits per heavy atom. The summed E-state index contributed by atoms with van der Waals surface area (Å²) in [7, 11) is -2.59. The van der Waals surface area contributed by atoms with E-state index in [9.17, 15) is 18.9 Å². The summed E-state index contributed by atoms with van der Waals surface area (Å²) in [6, 6.07) is 6.45. The molecule has 2 atom stereocenters. The quantitative estimate of drug-likeness (QED) is 0.449. The van der Waals surface area contributed by atoms with Gasteiger partial charge in [-0.25, -0.2) is 4.39 Å². The molecule has 2 N–H and O–H groups in total. The fraction of sp³-hybridized carbons (Fsp3) is 0.458. The van der Waals surface area contributed by atoms with Crippen molar-refractivity contribution in [1.29, 1.82) is 0 Å². The highest BCUT2D eigenvalue weighted by Gasteiger charge is 2.26. The molecule has 0 saturated carbocycles. The zero-order chi connectivity index (χ0) is 23.3. The van der Waals surface area contributed by atoms with Crippen molar-refractivity contribution in [3.63, 3.8) is 0 Å². The largest absolute Gasteiger partial charge is 0.481 e. The number of carboxylic acid groups (broad SMARTS) is 1. The van der Waals surface area contributed by atoms with Crippen LogP contribution in [-0.2, 0) is 26.8 Å². The molecule has 2 aromatic rings. The number of aliphatic hydroxyl groups is 1. The maximum Gasteiger partial charge on any atom is 0.305 e. The van der Waals surface area contributed by atoms with Crippen LogP contribution < -0.4 is 0 Å². The van der Waals surface area contributed by atoms with Gasteiger partial charge in [0.05, 0.1) is 18.1 Å². The zero-order valence-electron chi connectivity index (χ0n) is 18.4. The lowest BCUT2D eigenvalue weighted by atomic mass is 9.96. The number of carbonyl (C=O) groups is 1. The van der Waals surface area contributed by atoms with Gasteiger partial charge in [0.2, 0.25) is 0 Å². The first kappa shape index (κ1) is 24.3. The Morgan fingerprint density at radius 1 is 1.28 bits per heavy atom. The van der Waals surface area contributed by atoms with Gasteiger partial charge in [0.1, 0.15) is 12.4 Å². The van der Waals surface area contributed by atoms with Crippen LogP contribution in [0.5, 0.6) is 0 Å². The molecule has 0 aliphatic carbocycles. The Hall–Kier alpha value is -2.39. The van der Waals surface area contributed by atoms with Crippen molar-refractivity contribution in [3.8, 4) is 23.0 Å². The van der Waals surface area contributed by atoms with Crippen molar-refractivity contribution in [1.82, 2.24) is 4.57 Å².